The van der Waals surface area contributed by atoms with Crippen molar-refractivity contribution in [2.45, 2.75) is 16.3 Å². The van der Waals surface area contributed by atoms with Crippen molar-refractivity contribution in [2.75, 3.05) is 13.7 Å². The number of aromatic nitrogens is 1. The van der Waals surface area contributed by atoms with Crippen molar-refractivity contribution in [1.29, 1.82) is 0 Å². The highest BCUT2D eigenvalue weighted by Gasteiger charge is 2.23. The van der Waals surface area contributed by atoms with Crippen LogP contribution >= 0.6 is 0 Å². The predicted molar refractivity (Wildman–Crippen MR) is 89.4 cm³/mol. The summed E-state index contributed by atoms with van der Waals surface area (Å²) in [5, 5.41) is 0.548. The molecule has 0 saturated carbocycles. The maximum Gasteiger partial charge on any atom is 0.208 e. The molecule has 0 aliphatic rings. The molecule has 0 unspecified atom stereocenters. The minimum absolute atomic E-state index is 0.0403. The fourth-order valence-corrected chi connectivity index (χ4v) is 4.12. The maximum absolute atomic E-state index is 13.1. The highest BCUT2D eigenvalue weighted by Crippen LogP contribution is 2.32. The first kappa shape index (κ1) is 16.5. The lowest BCUT2D eigenvalue weighted by molar-refractivity contribution is 0.415. The zero-order chi connectivity index (χ0) is 17.3. The lowest BCUT2D eigenvalue weighted by atomic mass is 10.2. The fourth-order valence-electron chi connectivity index (χ4n) is 2.65. The van der Waals surface area contributed by atoms with E-state index in [9.17, 15) is 12.8 Å². The molecule has 3 aromatic rings. The van der Waals surface area contributed by atoms with Crippen molar-refractivity contribution in [1.82, 2.24) is 4.57 Å². The molecule has 0 bridgehead atoms. The van der Waals surface area contributed by atoms with Crippen LogP contribution in [-0.4, -0.2) is 26.6 Å². The average molecular weight is 348 g/mol. The van der Waals surface area contributed by atoms with E-state index in [0.717, 1.165) is 17.6 Å². The fraction of sp³-hybridized carbons (Fsp3) is 0.176. The summed E-state index contributed by atoms with van der Waals surface area (Å²) in [6, 6.07) is 10.0. The Labute approximate surface area is 139 Å². The van der Waals surface area contributed by atoms with Crippen LogP contribution in [0.25, 0.3) is 10.9 Å². The summed E-state index contributed by atoms with van der Waals surface area (Å²) in [6.07, 6.45) is 1.57. The molecule has 2 N–H and O–H groups in total. The molecule has 5 nitrogen and oxygen atoms in total. The van der Waals surface area contributed by atoms with Crippen molar-refractivity contribution in [2.24, 2.45) is 5.73 Å². The van der Waals surface area contributed by atoms with E-state index in [0.29, 0.717) is 24.2 Å². The summed E-state index contributed by atoms with van der Waals surface area (Å²) in [5.41, 5.74) is 6.37. The molecule has 0 atom stereocenters. The third-order valence-corrected chi connectivity index (χ3v) is 5.63. The number of rotatable bonds is 5. The molecule has 1 aromatic heterocycles. The maximum atomic E-state index is 13.1. The Balaban J connectivity index is 2.25. The first-order valence-electron chi connectivity index (χ1n) is 7.35. The number of benzene rings is 2. The smallest absolute Gasteiger partial charge is 0.208 e. The van der Waals surface area contributed by atoms with Crippen molar-refractivity contribution < 1.29 is 17.5 Å². The monoisotopic (exact) mass is 348 g/mol. The van der Waals surface area contributed by atoms with Gasteiger partial charge in [0.05, 0.1) is 16.9 Å². The van der Waals surface area contributed by atoms with Crippen LogP contribution in [0.5, 0.6) is 5.75 Å². The first-order chi connectivity index (χ1) is 11.5. The average Bonchev–Trinajstić information content (AvgIpc) is 2.94. The number of methoxy groups -OCH3 is 1. The molecule has 24 heavy (non-hydrogen) atoms. The predicted octanol–water partition coefficient (Wildman–Crippen LogP) is 2.58. The zero-order valence-electron chi connectivity index (χ0n) is 13.1. The quantitative estimate of drug-likeness (QED) is 0.719. The number of sulfone groups is 1. The van der Waals surface area contributed by atoms with Gasteiger partial charge in [0.2, 0.25) is 9.84 Å². The Morgan fingerprint density at radius 1 is 1.17 bits per heavy atom. The van der Waals surface area contributed by atoms with Crippen LogP contribution in [0.15, 0.2) is 58.5 Å². The summed E-state index contributed by atoms with van der Waals surface area (Å²) in [7, 11) is -2.27. The van der Waals surface area contributed by atoms with Gasteiger partial charge in [-0.15, -0.1) is 0 Å². The van der Waals surface area contributed by atoms with Crippen LogP contribution in [0, 0.1) is 5.82 Å². The van der Waals surface area contributed by atoms with E-state index >= 15 is 0 Å². The van der Waals surface area contributed by atoms with Crippen LogP contribution < -0.4 is 10.5 Å². The minimum atomic E-state index is -3.79. The van der Waals surface area contributed by atoms with E-state index in [4.69, 9.17) is 10.5 Å². The number of hydrogen-bond acceptors (Lipinski definition) is 4. The summed E-state index contributed by atoms with van der Waals surface area (Å²) >= 11 is 0. The molecule has 0 spiro atoms. The van der Waals surface area contributed by atoms with Crippen LogP contribution in [-0.2, 0) is 16.4 Å². The van der Waals surface area contributed by atoms with Crippen LogP contribution in [0.3, 0.4) is 0 Å². The molecular weight excluding hydrogens is 331 g/mol. The Hall–Kier alpha value is -2.38. The standard InChI is InChI=1S/C17H17FN2O3S/c1-23-13-4-7-16-15(10-13)17(11-20(16)9-8-19)24(21,22)14-5-2-12(18)3-6-14/h2-7,10-11H,8-9,19H2,1H3. The zero-order valence-corrected chi connectivity index (χ0v) is 13.9. The number of fused-ring (bicyclic) bond motifs is 1. The van der Waals surface area contributed by atoms with E-state index in [-0.39, 0.29) is 9.79 Å². The van der Waals surface area contributed by atoms with Gasteiger partial charge >= 0.3 is 0 Å². The van der Waals surface area contributed by atoms with E-state index in [1.54, 1.807) is 29.0 Å². The van der Waals surface area contributed by atoms with Crippen molar-refractivity contribution in [3.63, 3.8) is 0 Å². The molecule has 0 amide bonds. The van der Waals surface area contributed by atoms with Gasteiger partial charge in [-0.25, -0.2) is 12.8 Å². The molecule has 0 fully saturated rings. The molecule has 0 aliphatic heterocycles. The highest BCUT2D eigenvalue weighted by atomic mass is 32.2. The normalized spacial score (nSPS) is 11.8. The van der Waals surface area contributed by atoms with Gasteiger partial charge in [-0.2, -0.15) is 0 Å². The van der Waals surface area contributed by atoms with Crippen LogP contribution in [0.4, 0.5) is 4.39 Å². The molecule has 0 aliphatic carbocycles. The number of ether oxygens (including phenoxy) is 1. The van der Waals surface area contributed by atoms with Gasteiger partial charge in [-0.1, -0.05) is 0 Å². The van der Waals surface area contributed by atoms with E-state index < -0.39 is 15.7 Å². The Morgan fingerprint density at radius 3 is 2.50 bits per heavy atom. The molecule has 2 aromatic carbocycles. The van der Waals surface area contributed by atoms with Gasteiger partial charge < -0.3 is 15.0 Å². The summed E-state index contributed by atoms with van der Waals surface area (Å²) in [5.74, 6) is 0.0738. The lowest BCUT2D eigenvalue weighted by Gasteiger charge is -2.04. The molecule has 7 heteroatoms. The third-order valence-electron chi connectivity index (χ3n) is 3.84. The van der Waals surface area contributed by atoms with E-state index in [2.05, 4.69) is 0 Å². The first-order valence-corrected chi connectivity index (χ1v) is 8.83. The Bertz CT molecular complexity index is 979. The SMILES string of the molecule is COc1ccc2c(c1)c(S(=O)(=O)c1ccc(F)cc1)cn2CCN. The topological polar surface area (TPSA) is 74.3 Å². The molecule has 0 radical (unpaired) electrons. The van der Waals surface area contributed by atoms with Gasteiger partial charge in [0.15, 0.2) is 0 Å². The van der Waals surface area contributed by atoms with Gasteiger partial charge in [0.1, 0.15) is 11.6 Å². The molecular formula is C17H17FN2O3S. The second-order valence-corrected chi connectivity index (χ2v) is 7.23. The van der Waals surface area contributed by atoms with Crippen molar-refractivity contribution in [3.05, 3.63) is 54.5 Å². The molecule has 0 saturated heterocycles. The number of nitrogens with zero attached hydrogens (tertiary/aromatic N) is 1. The minimum Gasteiger partial charge on any atom is -0.497 e. The number of hydrogen-bond donors (Lipinski definition) is 1. The van der Waals surface area contributed by atoms with Gasteiger partial charge in [-0.05, 0) is 42.5 Å². The highest BCUT2D eigenvalue weighted by molar-refractivity contribution is 7.91. The lowest BCUT2D eigenvalue weighted by Crippen LogP contribution is -2.08. The number of halogens is 1. The number of nitrogens with two attached hydrogens (primary N) is 1. The summed E-state index contributed by atoms with van der Waals surface area (Å²) < 4.78 is 46.0. The molecule has 3 rings (SSSR count). The van der Waals surface area contributed by atoms with Crippen LogP contribution in [0.2, 0.25) is 0 Å². The third kappa shape index (κ3) is 2.76. The van der Waals surface area contributed by atoms with Crippen molar-refractivity contribution in [3.8, 4) is 5.75 Å². The largest absolute Gasteiger partial charge is 0.497 e. The summed E-state index contributed by atoms with van der Waals surface area (Å²) in [4.78, 5) is 0.190. The Morgan fingerprint density at radius 2 is 1.88 bits per heavy atom. The molecule has 126 valence electrons. The van der Waals surface area contributed by atoms with E-state index in [1.165, 1.54) is 19.2 Å². The van der Waals surface area contributed by atoms with Crippen molar-refractivity contribution >= 4 is 20.7 Å². The Kier molecular flexibility index (Phi) is 4.29. The van der Waals surface area contributed by atoms with Gasteiger partial charge in [-0.3, -0.25) is 0 Å². The second kappa shape index (κ2) is 6.26. The van der Waals surface area contributed by atoms with E-state index in [1.807, 2.05) is 0 Å². The second-order valence-electron chi connectivity index (χ2n) is 5.32. The summed E-state index contributed by atoms with van der Waals surface area (Å²) in [6.45, 7) is 0.869. The molecule has 1 heterocycles. The van der Waals surface area contributed by atoms with Gasteiger partial charge in [0.25, 0.3) is 0 Å². The van der Waals surface area contributed by atoms with Gasteiger partial charge in [0, 0.05) is 30.2 Å². The van der Waals surface area contributed by atoms with Crippen LogP contribution in [0.1, 0.15) is 0 Å².